The van der Waals surface area contributed by atoms with Crippen molar-refractivity contribution in [3.05, 3.63) is 35.9 Å². The summed E-state index contributed by atoms with van der Waals surface area (Å²) in [5.41, 5.74) is 3.01. The number of pyridine rings is 1. The van der Waals surface area contributed by atoms with Gasteiger partial charge in [0.2, 0.25) is 0 Å². The Bertz CT molecular complexity index is 1010. The van der Waals surface area contributed by atoms with E-state index in [-0.39, 0.29) is 17.7 Å². The van der Waals surface area contributed by atoms with Crippen LogP contribution in [-0.4, -0.2) is 45.8 Å². The number of methoxy groups -OCH3 is 1. The first-order chi connectivity index (χ1) is 13.7. The largest absolute Gasteiger partial charge is 0.495 e. The van der Waals surface area contributed by atoms with Crippen LogP contribution in [0.4, 0.5) is 10.2 Å². The highest BCUT2D eigenvalue weighted by Crippen LogP contribution is 2.43. The molecule has 4 heterocycles. The van der Waals surface area contributed by atoms with Crippen molar-refractivity contribution in [2.45, 2.75) is 37.6 Å². The predicted molar refractivity (Wildman–Crippen MR) is 104 cm³/mol. The molecular weight excluding hydrogens is 359 g/mol. The molecule has 1 aliphatic heterocycles. The molecule has 2 aliphatic rings. The van der Waals surface area contributed by atoms with Gasteiger partial charge in [0.15, 0.2) is 17.3 Å². The molecule has 1 saturated carbocycles. The van der Waals surface area contributed by atoms with Gasteiger partial charge in [-0.25, -0.2) is 18.9 Å². The Morgan fingerprint density at radius 1 is 1.29 bits per heavy atom. The smallest absolute Gasteiger partial charge is 0.165 e. The normalized spacial score (nSPS) is 19.7. The highest BCUT2D eigenvalue weighted by molar-refractivity contribution is 5.62. The summed E-state index contributed by atoms with van der Waals surface area (Å²) in [5, 5.41) is 11.3. The fourth-order valence-electron chi connectivity index (χ4n) is 3.74. The van der Waals surface area contributed by atoms with E-state index in [9.17, 15) is 4.39 Å². The van der Waals surface area contributed by atoms with Crippen molar-refractivity contribution < 1.29 is 9.13 Å². The highest BCUT2D eigenvalue weighted by Gasteiger charge is 2.30. The van der Waals surface area contributed by atoms with Gasteiger partial charge in [-0.2, -0.15) is 5.10 Å². The van der Waals surface area contributed by atoms with Crippen molar-refractivity contribution in [2.24, 2.45) is 0 Å². The van der Waals surface area contributed by atoms with Gasteiger partial charge in [-0.1, -0.05) is 0 Å². The maximum Gasteiger partial charge on any atom is 0.165 e. The van der Waals surface area contributed by atoms with E-state index in [2.05, 4.69) is 20.6 Å². The maximum absolute atomic E-state index is 14.4. The molecule has 0 spiro atoms. The number of aromatic nitrogens is 4. The highest BCUT2D eigenvalue weighted by atomic mass is 19.1. The molecule has 1 atom stereocenters. The third-order valence-corrected chi connectivity index (χ3v) is 5.41. The van der Waals surface area contributed by atoms with Crippen LogP contribution in [0.5, 0.6) is 5.75 Å². The second-order valence-corrected chi connectivity index (χ2v) is 7.50. The van der Waals surface area contributed by atoms with E-state index in [4.69, 9.17) is 9.84 Å². The molecule has 2 fully saturated rings. The van der Waals surface area contributed by atoms with E-state index >= 15 is 0 Å². The quantitative estimate of drug-likeness (QED) is 0.707. The van der Waals surface area contributed by atoms with Crippen LogP contribution >= 0.6 is 0 Å². The Morgan fingerprint density at radius 3 is 2.93 bits per heavy atom. The lowest BCUT2D eigenvalue weighted by Crippen LogP contribution is -2.38. The van der Waals surface area contributed by atoms with E-state index < -0.39 is 0 Å². The molecule has 28 heavy (non-hydrogen) atoms. The van der Waals surface area contributed by atoms with Crippen molar-refractivity contribution in [1.82, 2.24) is 24.9 Å². The molecule has 146 valence electrons. The minimum absolute atomic E-state index is 0.178. The number of rotatable bonds is 5. The molecule has 1 saturated heterocycles. The summed E-state index contributed by atoms with van der Waals surface area (Å²) in [6.07, 6.45) is 6.04. The second-order valence-electron chi connectivity index (χ2n) is 7.50. The Balaban J connectivity index is 1.52. The van der Waals surface area contributed by atoms with E-state index in [1.165, 1.54) is 6.07 Å². The molecule has 3 aromatic heterocycles. The predicted octanol–water partition coefficient (Wildman–Crippen LogP) is 2.98. The summed E-state index contributed by atoms with van der Waals surface area (Å²) in [6, 6.07) is 5.20. The number of hydrogen-bond acceptors (Lipinski definition) is 6. The standard InChI is InChI=1S/C20H23FN6O/c1-28-17-9-18-23-11-16(27(18)26-19(17)12-4-5-12)15-7-6-14(21)20(25-15)24-13-3-2-8-22-10-13/h6-7,9,11-13,22H,2-5,8,10H2,1H3,(H,24,25)/t13-/m0/s1. The van der Waals surface area contributed by atoms with E-state index in [1.807, 2.05) is 6.07 Å². The molecule has 0 aromatic carbocycles. The first kappa shape index (κ1) is 17.4. The van der Waals surface area contributed by atoms with Crippen LogP contribution < -0.4 is 15.4 Å². The summed E-state index contributed by atoms with van der Waals surface area (Å²) in [5.74, 6) is 1.13. The zero-order chi connectivity index (χ0) is 19.1. The first-order valence-corrected chi connectivity index (χ1v) is 9.80. The number of halogens is 1. The topological polar surface area (TPSA) is 76.4 Å². The molecule has 5 rings (SSSR count). The van der Waals surface area contributed by atoms with Crippen LogP contribution in [0.2, 0.25) is 0 Å². The fraction of sp³-hybridized carbons (Fsp3) is 0.450. The number of imidazole rings is 1. The van der Waals surface area contributed by atoms with Crippen LogP contribution in [0, 0.1) is 5.82 Å². The van der Waals surface area contributed by atoms with Crippen LogP contribution in [0.1, 0.15) is 37.3 Å². The SMILES string of the molecule is COc1cc2ncc(-c3ccc(F)c(N[C@H]4CCCNC4)n3)n2nc1C1CC1. The number of ether oxygens (including phenoxy) is 1. The van der Waals surface area contributed by atoms with Crippen molar-refractivity contribution in [3.63, 3.8) is 0 Å². The molecule has 0 amide bonds. The van der Waals surface area contributed by atoms with Gasteiger partial charge in [0.25, 0.3) is 0 Å². The van der Waals surface area contributed by atoms with Crippen LogP contribution in [0.3, 0.4) is 0 Å². The molecule has 0 bridgehead atoms. The number of nitrogens with one attached hydrogen (secondary N) is 2. The van der Waals surface area contributed by atoms with E-state index in [0.717, 1.165) is 55.9 Å². The van der Waals surface area contributed by atoms with Gasteiger partial charge in [0, 0.05) is 24.6 Å². The summed E-state index contributed by atoms with van der Waals surface area (Å²) in [7, 11) is 1.66. The second kappa shape index (κ2) is 7.01. The monoisotopic (exact) mass is 382 g/mol. The molecule has 2 N–H and O–H groups in total. The first-order valence-electron chi connectivity index (χ1n) is 9.80. The Morgan fingerprint density at radius 2 is 2.18 bits per heavy atom. The Hall–Kier alpha value is -2.74. The molecule has 3 aromatic rings. The van der Waals surface area contributed by atoms with Gasteiger partial charge < -0.3 is 15.4 Å². The zero-order valence-electron chi connectivity index (χ0n) is 15.8. The average Bonchev–Trinajstić information content (AvgIpc) is 3.49. The van der Waals surface area contributed by atoms with Gasteiger partial charge in [0.05, 0.1) is 19.0 Å². The lowest BCUT2D eigenvalue weighted by atomic mass is 10.1. The number of nitrogens with zero attached hydrogens (tertiary/aromatic N) is 4. The summed E-state index contributed by atoms with van der Waals surface area (Å²) in [4.78, 5) is 8.99. The van der Waals surface area contributed by atoms with Crippen molar-refractivity contribution >= 4 is 11.5 Å². The lowest BCUT2D eigenvalue weighted by Gasteiger charge is -2.24. The van der Waals surface area contributed by atoms with Crippen molar-refractivity contribution in [2.75, 3.05) is 25.5 Å². The molecule has 8 heteroatoms. The minimum Gasteiger partial charge on any atom is -0.495 e. The minimum atomic E-state index is -0.351. The summed E-state index contributed by atoms with van der Waals surface area (Å²) in [6.45, 7) is 1.82. The number of fused-ring (bicyclic) bond motifs is 1. The van der Waals surface area contributed by atoms with Gasteiger partial charge >= 0.3 is 0 Å². The van der Waals surface area contributed by atoms with E-state index in [0.29, 0.717) is 17.3 Å². The number of hydrogen-bond donors (Lipinski definition) is 2. The number of anilines is 1. The van der Waals surface area contributed by atoms with Crippen LogP contribution in [0.15, 0.2) is 24.4 Å². The van der Waals surface area contributed by atoms with Gasteiger partial charge in [-0.05, 0) is 44.4 Å². The van der Waals surface area contributed by atoms with Gasteiger partial charge in [0.1, 0.15) is 17.1 Å². The molecule has 7 nitrogen and oxygen atoms in total. The molecular formula is C20H23FN6O. The van der Waals surface area contributed by atoms with Gasteiger partial charge in [-0.3, -0.25) is 0 Å². The molecule has 1 aliphatic carbocycles. The molecule has 0 radical (unpaired) electrons. The Labute approximate surface area is 162 Å². The maximum atomic E-state index is 14.4. The average molecular weight is 382 g/mol. The summed E-state index contributed by atoms with van der Waals surface area (Å²) >= 11 is 0. The van der Waals surface area contributed by atoms with Crippen molar-refractivity contribution in [3.8, 4) is 17.1 Å². The summed E-state index contributed by atoms with van der Waals surface area (Å²) < 4.78 is 21.6. The number of piperidine rings is 1. The third-order valence-electron chi connectivity index (χ3n) is 5.41. The zero-order valence-corrected chi connectivity index (χ0v) is 15.8. The van der Waals surface area contributed by atoms with Gasteiger partial charge in [-0.15, -0.1) is 0 Å². The molecule has 0 unspecified atom stereocenters. The van der Waals surface area contributed by atoms with Crippen LogP contribution in [0.25, 0.3) is 17.0 Å². The fourth-order valence-corrected chi connectivity index (χ4v) is 3.74. The Kier molecular flexibility index (Phi) is 4.35. The van der Waals surface area contributed by atoms with Crippen LogP contribution in [-0.2, 0) is 0 Å². The third kappa shape index (κ3) is 3.17. The lowest BCUT2D eigenvalue weighted by molar-refractivity contribution is 0.405. The van der Waals surface area contributed by atoms with E-state index in [1.54, 1.807) is 23.9 Å². The van der Waals surface area contributed by atoms with Crippen molar-refractivity contribution in [1.29, 1.82) is 0 Å².